The molecular weight excluding hydrogens is 260 g/mol. The number of hydrogen-bond donors (Lipinski definition) is 0. The third-order valence-corrected chi connectivity index (χ3v) is 3.83. The summed E-state index contributed by atoms with van der Waals surface area (Å²) in [6, 6.07) is 8.33. The highest BCUT2D eigenvalue weighted by Gasteiger charge is 2.20. The van der Waals surface area contributed by atoms with Crippen molar-refractivity contribution in [3.05, 3.63) is 36.0 Å². The maximum atomic E-state index is 5.99. The third-order valence-electron chi connectivity index (χ3n) is 3.54. The highest BCUT2D eigenvalue weighted by atomic mass is 35.5. The van der Waals surface area contributed by atoms with E-state index in [0.717, 1.165) is 31.1 Å². The second-order valence-electron chi connectivity index (χ2n) is 4.91. The van der Waals surface area contributed by atoms with Gasteiger partial charge in [-0.05, 0) is 17.9 Å². The first-order valence-corrected chi connectivity index (χ1v) is 7.12. The van der Waals surface area contributed by atoms with Gasteiger partial charge < -0.3 is 9.64 Å². The fourth-order valence-corrected chi connectivity index (χ4v) is 2.82. The number of morpholine rings is 1. The van der Waals surface area contributed by atoms with E-state index >= 15 is 0 Å². The van der Waals surface area contributed by atoms with E-state index in [9.17, 15) is 0 Å². The van der Waals surface area contributed by atoms with E-state index in [2.05, 4.69) is 35.0 Å². The van der Waals surface area contributed by atoms with Crippen LogP contribution in [-0.2, 0) is 10.6 Å². The van der Waals surface area contributed by atoms with Gasteiger partial charge in [0.15, 0.2) is 0 Å². The Hall–Kier alpha value is -1.32. The number of nitrogens with zero attached hydrogens (tertiary/aromatic N) is 2. The van der Waals surface area contributed by atoms with Crippen LogP contribution in [0, 0.1) is 0 Å². The molecule has 1 aromatic heterocycles. The van der Waals surface area contributed by atoms with Gasteiger partial charge in [-0.1, -0.05) is 24.3 Å². The van der Waals surface area contributed by atoms with Gasteiger partial charge in [-0.3, -0.25) is 0 Å². The minimum Gasteiger partial charge on any atom is -0.375 e. The summed E-state index contributed by atoms with van der Waals surface area (Å²) >= 11 is 5.99. The van der Waals surface area contributed by atoms with Crippen LogP contribution in [0.1, 0.15) is 12.5 Å². The van der Waals surface area contributed by atoms with Gasteiger partial charge in [-0.2, -0.15) is 0 Å². The highest BCUT2D eigenvalue weighted by Crippen LogP contribution is 2.28. The number of alkyl halides is 1. The Morgan fingerprint density at radius 3 is 2.89 bits per heavy atom. The first-order valence-electron chi connectivity index (χ1n) is 6.58. The summed E-state index contributed by atoms with van der Waals surface area (Å²) in [4.78, 5) is 6.92. The number of ether oxygens (including phenoxy) is 1. The number of benzene rings is 1. The molecule has 0 spiro atoms. The molecule has 1 saturated heterocycles. The Morgan fingerprint density at radius 1 is 1.37 bits per heavy atom. The monoisotopic (exact) mass is 276 g/mol. The number of anilines is 1. The SMILES string of the molecule is CC1CN(c2ncc(CCl)c3ccccc23)CCO1. The minimum absolute atomic E-state index is 0.252. The van der Waals surface area contributed by atoms with Crippen molar-refractivity contribution in [3.63, 3.8) is 0 Å². The van der Waals surface area contributed by atoms with E-state index in [1.54, 1.807) is 0 Å². The smallest absolute Gasteiger partial charge is 0.136 e. The van der Waals surface area contributed by atoms with E-state index in [4.69, 9.17) is 16.3 Å². The Kier molecular flexibility index (Phi) is 3.58. The molecule has 3 nitrogen and oxygen atoms in total. The number of aromatic nitrogens is 1. The highest BCUT2D eigenvalue weighted by molar-refractivity contribution is 6.18. The fraction of sp³-hybridized carbons (Fsp3) is 0.400. The molecule has 1 aliphatic rings. The van der Waals surface area contributed by atoms with Crippen LogP contribution in [0.2, 0.25) is 0 Å². The van der Waals surface area contributed by atoms with Crippen LogP contribution in [0.4, 0.5) is 5.82 Å². The standard InChI is InChI=1S/C15H17ClN2O/c1-11-10-18(6-7-19-11)15-14-5-3-2-4-13(14)12(8-16)9-17-15/h2-5,9,11H,6-8,10H2,1H3. The van der Waals surface area contributed by atoms with Gasteiger partial charge in [0.1, 0.15) is 5.82 Å². The van der Waals surface area contributed by atoms with Crippen LogP contribution in [-0.4, -0.2) is 30.8 Å². The number of rotatable bonds is 2. The van der Waals surface area contributed by atoms with Crippen molar-refractivity contribution in [2.45, 2.75) is 18.9 Å². The number of hydrogen-bond acceptors (Lipinski definition) is 3. The Bertz CT molecular complexity index is 587. The molecule has 2 aromatic rings. The molecule has 4 heteroatoms. The van der Waals surface area contributed by atoms with E-state index in [1.165, 1.54) is 10.8 Å². The predicted octanol–water partition coefficient (Wildman–Crippen LogP) is 3.20. The zero-order valence-corrected chi connectivity index (χ0v) is 11.7. The predicted molar refractivity (Wildman–Crippen MR) is 78.9 cm³/mol. The lowest BCUT2D eigenvalue weighted by atomic mass is 10.1. The quantitative estimate of drug-likeness (QED) is 0.788. The molecule has 1 atom stereocenters. The lowest BCUT2D eigenvalue weighted by Crippen LogP contribution is -2.41. The van der Waals surface area contributed by atoms with E-state index < -0.39 is 0 Å². The Morgan fingerprint density at radius 2 is 2.16 bits per heavy atom. The average molecular weight is 277 g/mol. The van der Waals surface area contributed by atoms with Gasteiger partial charge in [0.05, 0.1) is 12.7 Å². The second kappa shape index (κ2) is 5.35. The molecule has 0 aliphatic carbocycles. The molecule has 1 aliphatic heterocycles. The van der Waals surface area contributed by atoms with Crippen LogP contribution in [0.15, 0.2) is 30.5 Å². The number of pyridine rings is 1. The van der Waals surface area contributed by atoms with Gasteiger partial charge >= 0.3 is 0 Å². The molecule has 0 amide bonds. The van der Waals surface area contributed by atoms with Gasteiger partial charge in [-0.15, -0.1) is 11.6 Å². The lowest BCUT2D eigenvalue weighted by Gasteiger charge is -2.32. The lowest BCUT2D eigenvalue weighted by molar-refractivity contribution is 0.0530. The van der Waals surface area contributed by atoms with Crippen molar-refractivity contribution in [2.75, 3.05) is 24.6 Å². The molecule has 2 heterocycles. The van der Waals surface area contributed by atoms with Crippen molar-refractivity contribution in [3.8, 4) is 0 Å². The van der Waals surface area contributed by atoms with Gasteiger partial charge in [0.25, 0.3) is 0 Å². The molecule has 0 bridgehead atoms. The van der Waals surface area contributed by atoms with E-state index in [-0.39, 0.29) is 6.10 Å². The fourth-order valence-electron chi connectivity index (χ4n) is 2.61. The Balaban J connectivity index is 2.09. The maximum absolute atomic E-state index is 5.99. The molecule has 19 heavy (non-hydrogen) atoms. The summed E-state index contributed by atoms with van der Waals surface area (Å²) in [6.07, 6.45) is 2.15. The summed E-state index contributed by atoms with van der Waals surface area (Å²) in [7, 11) is 0. The van der Waals surface area contributed by atoms with Crippen LogP contribution >= 0.6 is 11.6 Å². The molecule has 100 valence electrons. The van der Waals surface area contributed by atoms with E-state index in [1.807, 2.05) is 12.3 Å². The molecule has 1 fully saturated rings. The van der Waals surface area contributed by atoms with Crippen molar-refractivity contribution in [1.82, 2.24) is 4.98 Å². The Labute approximate surface area is 118 Å². The molecule has 0 saturated carbocycles. The van der Waals surface area contributed by atoms with Crippen LogP contribution in [0.5, 0.6) is 0 Å². The van der Waals surface area contributed by atoms with Gasteiger partial charge in [0.2, 0.25) is 0 Å². The summed E-state index contributed by atoms with van der Waals surface area (Å²) in [5.74, 6) is 1.53. The topological polar surface area (TPSA) is 25.4 Å². The van der Waals surface area contributed by atoms with Crippen LogP contribution < -0.4 is 4.90 Å². The number of fused-ring (bicyclic) bond motifs is 1. The first-order chi connectivity index (χ1) is 9.29. The molecular formula is C15H17ClN2O. The largest absolute Gasteiger partial charge is 0.375 e. The average Bonchev–Trinajstić information content (AvgIpc) is 2.46. The summed E-state index contributed by atoms with van der Waals surface area (Å²) in [6.45, 7) is 4.63. The van der Waals surface area contributed by atoms with Crippen molar-refractivity contribution >= 4 is 28.2 Å². The zero-order valence-electron chi connectivity index (χ0n) is 11.0. The first kappa shape index (κ1) is 12.7. The molecule has 0 radical (unpaired) electrons. The van der Waals surface area contributed by atoms with Crippen LogP contribution in [0.3, 0.4) is 0 Å². The summed E-state index contributed by atoms with van der Waals surface area (Å²) in [5.41, 5.74) is 1.09. The molecule has 3 rings (SSSR count). The number of halogens is 1. The van der Waals surface area contributed by atoms with Crippen molar-refractivity contribution in [1.29, 1.82) is 0 Å². The van der Waals surface area contributed by atoms with Crippen molar-refractivity contribution in [2.24, 2.45) is 0 Å². The maximum Gasteiger partial charge on any atom is 0.136 e. The zero-order chi connectivity index (χ0) is 13.2. The van der Waals surface area contributed by atoms with Crippen LogP contribution in [0.25, 0.3) is 10.8 Å². The summed E-state index contributed by atoms with van der Waals surface area (Å²) < 4.78 is 5.60. The molecule has 0 N–H and O–H groups in total. The summed E-state index contributed by atoms with van der Waals surface area (Å²) in [5, 5.41) is 2.37. The molecule has 1 aromatic carbocycles. The van der Waals surface area contributed by atoms with Gasteiger partial charge in [0, 0.05) is 30.6 Å². The van der Waals surface area contributed by atoms with E-state index in [0.29, 0.717) is 5.88 Å². The van der Waals surface area contributed by atoms with Gasteiger partial charge in [-0.25, -0.2) is 4.98 Å². The minimum atomic E-state index is 0.252. The second-order valence-corrected chi connectivity index (χ2v) is 5.18. The normalized spacial score (nSPS) is 19.9. The third kappa shape index (κ3) is 2.40. The molecule has 1 unspecified atom stereocenters. The van der Waals surface area contributed by atoms with Crippen molar-refractivity contribution < 1.29 is 4.74 Å².